The number of fused-ring (bicyclic) bond motifs is 1. The van der Waals surface area contributed by atoms with Crippen molar-refractivity contribution in [2.45, 2.75) is 12.8 Å². The van der Waals surface area contributed by atoms with Crippen molar-refractivity contribution in [2.75, 3.05) is 39.9 Å². The second kappa shape index (κ2) is 10.5. The second-order valence-electron chi connectivity index (χ2n) is 9.05. The van der Waals surface area contributed by atoms with Crippen molar-refractivity contribution >= 4 is 32.9 Å². The van der Waals surface area contributed by atoms with Gasteiger partial charge in [0.25, 0.3) is 0 Å². The molecule has 3 N–H and O–H groups in total. The lowest BCUT2D eigenvalue weighted by atomic mass is 10.0. The van der Waals surface area contributed by atoms with E-state index in [4.69, 9.17) is 9.47 Å². The highest BCUT2D eigenvalue weighted by Gasteiger charge is 2.28. The maximum absolute atomic E-state index is 14.0. The van der Waals surface area contributed by atoms with Gasteiger partial charge in [-0.15, -0.1) is 0 Å². The van der Waals surface area contributed by atoms with Gasteiger partial charge in [0.15, 0.2) is 0 Å². The first-order valence-electron chi connectivity index (χ1n) is 12.0. The number of pyridine rings is 1. The van der Waals surface area contributed by atoms with E-state index in [2.05, 4.69) is 15.3 Å². The molecule has 12 heteroatoms. The predicted octanol–water partition coefficient (Wildman–Crippen LogP) is 3.05. The molecular formula is C25H28FN5O5S. The zero-order valence-electron chi connectivity index (χ0n) is 20.3. The number of carbonyl (C=O) groups is 1. The summed E-state index contributed by atoms with van der Waals surface area (Å²) in [4.78, 5) is 19.7. The molecule has 5 rings (SSSR count). The SMILES string of the molecule is COc1ccc(F)cc1-c1ccnc2[nH]c(C3=CCN(S(=O)(=O)NC(=O)OCC4CCNC4)CC3)cc12. The van der Waals surface area contributed by atoms with Crippen LogP contribution in [0.15, 0.2) is 42.6 Å². The standard InChI is InChI=1S/C25H28FN5O5S/c1-35-23-3-2-18(26)12-20(23)19-5-9-28-24-21(19)13-22(29-24)17-6-10-31(11-7-17)37(33,34)30-25(32)36-15-16-4-8-27-14-16/h2-3,5-6,9,12-13,16,27H,4,7-8,10-11,14-15H2,1H3,(H,28,29)(H,30,32). The number of nitrogens with zero attached hydrogens (tertiary/aromatic N) is 2. The summed E-state index contributed by atoms with van der Waals surface area (Å²) in [7, 11) is -2.50. The minimum Gasteiger partial charge on any atom is -0.496 e. The zero-order chi connectivity index (χ0) is 26.0. The van der Waals surface area contributed by atoms with Gasteiger partial charge < -0.3 is 19.8 Å². The summed E-state index contributed by atoms with van der Waals surface area (Å²) in [5.74, 6) is 0.364. The lowest BCUT2D eigenvalue weighted by Gasteiger charge is -2.25. The molecule has 37 heavy (non-hydrogen) atoms. The molecule has 0 aliphatic carbocycles. The molecule has 196 valence electrons. The summed E-state index contributed by atoms with van der Waals surface area (Å²) >= 11 is 0. The number of aromatic nitrogens is 2. The Hall–Kier alpha value is -3.48. The van der Waals surface area contributed by atoms with E-state index in [-0.39, 0.29) is 31.4 Å². The maximum Gasteiger partial charge on any atom is 0.421 e. The van der Waals surface area contributed by atoms with Crippen molar-refractivity contribution in [3.05, 3.63) is 54.1 Å². The fourth-order valence-corrected chi connectivity index (χ4v) is 5.69. The van der Waals surface area contributed by atoms with E-state index in [0.29, 0.717) is 23.4 Å². The molecule has 10 nitrogen and oxygen atoms in total. The van der Waals surface area contributed by atoms with Crippen LogP contribution in [-0.4, -0.2) is 68.7 Å². The van der Waals surface area contributed by atoms with Crippen molar-refractivity contribution in [2.24, 2.45) is 5.92 Å². The van der Waals surface area contributed by atoms with E-state index in [9.17, 15) is 17.6 Å². The van der Waals surface area contributed by atoms with Gasteiger partial charge in [0.1, 0.15) is 17.2 Å². The van der Waals surface area contributed by atoms with Gasteiger partial charge in [0.05, 0.1) is 13.7 Å². The summed E-state index contributed by atoms with van der Waals surface area (Å²) < 4.78 is 53.1. The number of benzene rings is 1. The minimum absolute atomic E-state index is 0.0951. The molecule has 1 saturated heterocycles. The van der Waals surface area contributed by atoms with Crippen molar-refractivity contribution < 1.29 is 27.1 Å². The van der Waals surface area contributed by atoms with Gasteiger partial charge >= 0.3 is 16.3 Å². The number of H-pyrrole nitrogens is 1. The van der Waals surface area contributed by atoms with E-state index < -0.39 is 16.3 Å². The van der Waals surface area contributed by atoms with E-state index >= 15 is 0 Å². The highest BCUT2D eigenvalue weighted by Crippen LogP contribution is 2.36. The van der Waals surface area contributed by atoms with Gasteiger partial charge in [-0.2, -0.15) is 12.7 Å². The quantitative estimate of drug-likeness (QED) is 0.430. The summed E-state index contributed by atoms with van der Waals surface area (Å²) in [6, 6.07) is 8.07. The summed E-state index contributed by atoms with van der Waals surface area (Å²) in [5, 5.41) is 3.96. The number of amides is 1. The molecule has 1 fully saturated rings. The van der Waals surface area contributed by atoms with E-state index in [0.717, 1.165) is 41.7 Å². The van der Waals surface area contributed by atoms with Crippen LogP contribution in [0.2, 0.25) is 0 Å². The number of rotatable bonds is 7. The molecule has 0 bridgehead atoms. The Morgan fingerprint density at radius 2 is 2.14 bits per heavy atom. The molecule has 0 radical (unpaired) electrons. The van der Waals surface area contributed by atoms with Crippen molar-refractivity contribution in [1.82, 2.24) is 24.3 Å². The van der Waals surface area contributed by atoms with Gasteiger partial charge in [0, 0.05) is 48.4 Å². The average Bonchev–Trinajstić information content (AvgIpc) is 3.57. The van der Waals surface area contributed by atoms with Gasteiger partial charge in [-0.3, -0.25) is 0 Å². The number of aromatic amines is 1. The van der Waals surface area contributed by atoms with E-state index in [1.807, 2.05) is 10.8 Å². The fourth-order valence-electron chi connectivity index (χ4n) is 4.69. The normalized spacial score (nSPS) is 18.5. The fraction of sp³-hybridized carbons (Fsp3) is 0.360. The topological polar surface area (TPSA) is 126 Å². The first-order chi connectivity index (χ1) is 17.8. The number of methoxy groups -OCH3 is 1. The second-order valence-corrected chi connectivity index (χ2v) is 10.7. The monoisotopic (exact) mass is 529 g/mol. The van der Waals surface area contributed by atoms with Crippen LogP contribution >= 0.6 is 0 Å². The Labute approximate surface area is 214 Å². The number of halogens is 1. The Kier molecular flexibility index (Phi) is 7.13. The van der Waals surface area contributed by atoms with Crippen LogP contribution in [-0.2, 0) is 14.9 Å². The number of nitrogens with one attached hydrogen (secondary N) is 3. The number of ether oxygens (including phenoxy) is 2. The lowest BCUT2D eigenvalue weighted by Crippen LogP contribution is -2.45. The largest absolute Gasteiger partial charge is 0.496 e. The molecule has 2 aromatic heterocycles. The smallest absolute Gasteiger partial charge is 0.421 e. The molecule has 4 heterocycles. The summed E-state index contributed by atoms with van der Waals surface area (Å²) in [5.41, 5.74) is 3.70. The van der Waals surface area contributed by atoms with E-state index in [1.54, 1.807) is 24.4 Å². The molecule has 1 aromatic carbocycles. The van der Waals surface area contributed by atoms with Crippen LogP contribution in [0.3, 0.4) is 0 Å². The minimum atomic E-state index is -4.04. The lowest BCUT2D eigenvalue weighted by molar-refractivity contribution is 0.135. The molecule has 1 unspecified atom stereocenters. The Bertz CT molecular complexity index is 1450. The van der Waals surface area contributed by atoms with Crippen LogP contribution in [0.25, 0.3) is 27.7 Å². The Morgan fingerprint density at radius 1 is 1.27 bits per heavy atom. The molecule has 1 amide bonds. The molecule has 2 aliphatic heterocycles. The zero-order valence-corrected chi connectivity index (χ0v) is 21.1. The highest BCUT2D eigenvalue weighted by atomic mass is 32.2. The third-order valence-electron chi connectivity index (χ3n) is 6.67. The number of carbonyl (C=O) groups excluding carboxylic acids is 1. The highest BCUT2D eigenvalue weighted by molar-refractivity contribution is 7.87. The molecule has 0 spiro atoms. The first-order valence-corrected chi connectivity index (χ1v) is 13.4. The first kappa shape index (κ1) is 25.2. The van der Waals surface area contributed by atoms with Gasteiger partial charge in [-0.25, -0.2) is 18.9 Å². The van der Waals surface area contributed by atoms with Gasteiger partial charge in [-0.1, -0.05) is 6.08 Å². The molecular weight excluding hydrogens is 501 g/mol. The van der Waals surface area contributed by atoms with Gasteiger partial charge in [-0.05, 0) is 60.9 Å². The molecule has 0 saturated carbocycles. The predicted molar refractivity (Wildman–Crippen MR) is 137 cm³/mol. The van der Waals surface area contributed by atoms with Crippen LogP contribution in [0.4, 0.5) is 9.18 Å². The third-order valence-corrected chi connectivity index (χ3v) is 8.10. The molecule has 1 atom stereocenters. The Morgan fingerprint density at radius 3 is 2.86 bits per heavy atom. The molecule has 3 aromatic rings. The van der Waals surface area contributed by atoms with Crippen LogP contribution in [0.1, 0.15) is 18.5 Å². The summed E-state index contributed by atoms with van der Waals surface area (Å²) in [6.45, 7) is 2.08. The van der Waals surface area contributed by atoms with Crippen LogP contribution in [0.5, 0.6) is 5.75 Å². The average molecular weight is 530 g/mol. The number of hydrogen-bond acceptors (Lipinski definition) is 7. The van der Waals surface area contributed by atoms with Crippen LogP contribution in [0, 0.1) is 11.7 Å². The van der Waals surface area contributed by atoms with Gasteiger partial charge in [0.2, 0.25) is 0 Å². The maximum atomic E-state index is 14.0. The molecule has 2 aliphatic rings. The van der Waals surface area contributed by atoms with E-state index in [1.165, 1.54) is 23.5 Å². The summed E-state index contributed by atoms with van der Waals surface area (Å²) in [6.07, 6.45) is 3.78. The number of hydrogen-bond donors (Lipinski definition) is 3. The van der Waals surface area contributed by atoms with Crippen molar-refractivity contribution in [3.63, 3.8) is 0 Å². The third kappa shape index (κ3) is 5.45. The Balaban J connectivity index is 1.30. The van der Waals surface area contributed by atoms with Crippen LogP contribution < -0.4 is 14.8 Å². The van der Waals surface area contributed by atoms with Crippen molar-refractivity contribution in [3.8, 4) is 16.9 Å². The van der Waals surface area contributed by atoms with Crippen molar-refractivity contribution in [1.29, 1.82) is 0 Å².